The SMILES string of the molecule is COc1cc(OC)c(CC(O)CO)c(O[Si](C)(C)C(C)(C)C)c1. The van der Waals surface area contributed by atoms with Crippen LogP contribution in [-0.2, 0) is 6.42 Å². The van der Waals surface area contributed by atoms with E-state index in [1.165, 1.54) is 0 Å². The number of methoxy groups -OCH3 is 2. The van der Waals surface area contributed by atoms with Gasteiger partial charge in [-0.3, -0.25) is 0 Å². The molecule has 1 aromatic rings. The predicted octanol–water partition coefficient (Wildman–Crippen LogP) is 2.98. The van der Waals surface area contributed by atoms with Crippen LogP contribution in [-0.4, -0.2) is 45.5 Å². The maximum atomic E-state index is 9.86. The van der Waals surface area contributed by atoms with Crippen molar-refractivity contribution in [2.24, 2.45) is 0 Å². The van der Waals surface area contributed by atoms with E-state index in [-0.39, 0.29) is 18.1 Å². The highest BCUT2D eigenvalue weighted by atomic mass is 28.4. The van der Waals surface area contributed by atoms with Gasteiger partial charge in [-0.2, -0.15) is 0 Å². The standard InChI is InChI=1S/C17H30O5Si/c1-17(2,3)23(6,7)22-16-10-13(20-4)9-15(21-5)14(16)8-12(19)11-18/h9-10,12,18-19H,8,11H2,1-7H3. The maximum absolute atomic E-state index is 9.86. The molecule has 1 atom stereocenters. The van der Waals surface area contributed by atoms with Crippen LogP contribution in [0.3, 0.4) is 0 Å². The summed E-state index contributed by atoms with van der Waals surface area (Å²) in [5.41, 5.74) is 0.750. The van der Waals surface area contributed by atoms with Crippen molar-refractivity contribution in [1.29, 1.82) is 0 Å². The minimum absolute atomic E-state index is 0.0379. The van der Waals surface area contributed by atoms with Crippen LogP contribution < -0.4 is 13.9 Å². The van der Waals surface area contributed by atoms with Gasteiger partial charge in [0, 0.05) is 24.1 Å². The van der Waals surface area contributed by atoms with Gasteiger partial charge in [-0.25, -0.2) is 0 Å². The molecule has 0 heterocycles. The summed E-state index contributed by atoms with van der Waals surface area (Å²) in [7, 11) is 1.09. The van der Waals surface area contributed by atoms with Crippen LogP contribution in [0, 0.1) is 0 Å². The summed E-state index contributed by atoms with van der Waals surface area (Å²) in [6.45, 7) is 10.5. The molecule has 0 aliphatic heterocycles. The van der Waals surface area contributed by atoms with Gasteiger partial charge in [0.2, 0.25) is 8.32 Å². The molecular weight excluding hydrogens is 312 g/mol. The third kappa shape index (κ3) is 4.86. The minimum Gasteiger partial charge on any atom is -0.543 e. The zero-order valence-electron chi connectivity index (χ0n) is 15.3. The van der Waals surface area contributed by atoms with E-state index in [1.807, 2.05) is 6.07 Å². The van der Waals surface area contributed by atoms with Crippen molar-refractivity contribution in [2.75, 3.05) is 20.8 Å². The average Bonchev–Trinajstić information content (AvgIpc) is 2.46. The molecule has 1 rings (SSSR count). The predicted molar refractivity (Wildman–Crippen MR) is 94.2 cm³/mol. The van der Waals surface area contributed by atoms with Crippen molar-refractivity contribution in [3.05, 3.63) is 17.7 Å². The Kier molecular flexibility index (Phi) is 6.50. The van der Waals surface area contributed by atoms with Crippen LogP contribution in [0.15, 0.2) is 12.1 Å². The second kappa shape index (κ2) is 7.55. The molecule has 0 saturated carbocycles. The molecule has 0 radical (unpaired) electrons. The van der Waals surface area contributed by atoms with Crippen LogP contribution in [0.4, 0.5) is 0 Å². The Hall–Kier alpha value is -1.24. The molecule has 0 saturated heterocycles. The molecule has 132 valence electrons. The summed E-state index contributed by atoms with van der Waals surface area (Å²) in [6, 6.07) is 3.58. The molecule has 1 aromatic carbocycles. The van der Waals surface area contributed by atoms with Crippen LogP contribution in [0.2, 0.25) is 18.1 Å². The van der Waals surface area contributed by atoms with Gasteiger partial charge < -0.3 is 24.1 Å². The van der Waals surface area contributed by atoms with Crippen molar-refractivity contribution in [3.63, 3.8) is 0 Å². The fraction of sp³-hybridized carbons (Fsp3) is 0.647. The topological polar surface area (TPSA) is 68.2 Å². The first kappa shape index (κ1) is 19.8. The number of benzene rings is 1. The molecule has 0 aliphatic rings. The van der Waals surface area contributed by atoms with Crippen LogP contribution in [0.5, 0.6) is 17.2 Å². The third-order valence-corrected chi connectivity index (χ3v) is 8.76. The normalized spacial score (nSPS) is 13.6. The van der Waals surface area contributed by atoms with E-state index in [9.17, 15) is 5.11 Å². The van der Waals surface area contributed by atoms with Crippen molar-refractivity contribution in [2.45, 2.75) is 51.4 Å². The number of aliphatic hydroxyl groups is 2. The summed E-state index contributed by atoms with van der Waals surface area (Å²) in [6.07, 6.45) is -0.604. The highest BCUT2D eigenvalue weighted by Gasteiger charge is 2.39. The van der Waals surface area contributed by atoms with E-state index in [1.54, 1.807) is 20.3 Å². The minimum atomic E-state index is -2.06. The highest BCUT2D eigenvalue weighted by Crippen LogP contribution is 2.41. The lowest BCUT2D eigenvalue weighted by Crippen LogP contribution is -2.44. The van der Waals surface area contributed by atoms with Crippen molar-refractivity contribution >= 4 is 8.32 Å². The highest BCUT2D eigenvalue weighted by molar-refractivity contribution is 6.74. The summed E-state index contributed by atoms with van der Waals surface area (Å²) < 4.78 is 17.2. The second-order valence-corrected chi connectivity index (χ2v) is 11.9. The zero-order valence-corrected chi connectivity index (χ0v) is 16.3. The monoisotopic (exact) mass is 342 g/mol. The van der Waals surface area contributed by atoms with Crippen molar-refractivity contribution < 1.29 is 24.1 Å². The Bertz CT molecular complexity index is 522. The molecular formula is C17H30O5Si. The van der Waals surface area contributed by atoms with Crippen LogP contribution >= 0.6 is 0 Å². The van der Waals surface area contributed by atoms with Gasteiger partial charge >= 0.3 is 0 Å². The molecule has 0 spiro atoms. The summed E-state index contributed by atoms with van der Waals surface area (Å²) in [4.78, 5) is 0. The average molecular weight is 343 g/mol. The maximum Gasteiger partial charge on any atom is 0.250 e. The smallest absolute Gasteiger partial charge is 0.250 e. The lowest BCUT2D eigenvalue weighted by Gasteiger charge is -2.37. The van der Waals surface area contributed by atoms with Gasteiger partial charge in [-0.15, -0.1) is 0 Å². The molecule has 0 aliphatic carbocycles. The van der Waals surface area contributed by atoms with Gasteiger partial charge in [-0.1, -0.05) is 20.8 Å². The van der Waals surface area contributed by atoms with Gasteiger partial charge in [-0.05, 0) is 18.1 Å². The molecule has 5 nitrogen and oxygen atoms in total. The van der Waals surface area contributed by atoms with E-state index in [0.717, 1.165) is 5.56 Å². The lowest BCUT2D eigenvalue weighted by atomic mass is 10.1. The Labute approximate surface area is 140 Å². The molecule has 6 heteroatoms. The lowest BCUT2D eigenvalue weighted by molar-refractivity contribution is 0.0945. The molecule has 0 bridgehead atoms. The number of rotatable bonds is 7. The largest absolute Gasteiger partial charge is 0.543 e. The van der Waals surface area contributed by atoms with Gasteiger partial charge in [0.05, 0.1) is 26.9 Å². The quantitative estimate of drug-likeness (QED) is 0.746. The summed E-state index contributed by atoms with van der Waals surface area (Å²) in [5, 5.41) is 19.1. The molecule has 23 heavy (non-hydrogen) atoms. The number of hydrogen-bond acceptors (Lipinski definition) is 5. The van der Waals surface area contributed by atoms with Crippen LogP contribution in [0.25, 0.3) is 0 Å². The first-order chi connectivity index (χ1) is 10.6. The Morgan fingerprint density at radius 1 is 1.09 bits per heavy atom. The van der Waals surface area contributed by atoms with Crippen LogP contribution in [0.1, 0.15) is 26.3 Å². The fourth-order valence-electron chi connectivity index (χ4n) is 1.92. The van der Waals surface area contributed by atoms with E-state index in [0.29, 0.717) is 17.2 Å². The number of ether oxygens (including phenoxy) is 2. The molecule has 1 unspecified atom stereocenters. The molecule has 0 amide bonds. The van der Waals surface area contributed by atoms with Gasteiger partial charge in [0.15, 0.2) is 0 Å². The van der Waals surface area contributed by atoms with Crippen molar-refractivity contribution in [3.8, 4) is 17.2 Å². The Balaban J connectivity index is 3.36. The molecule has 2 N–H and O–H groups in total. The van der Waals surface area contributed by atoms with E-state index in [4.69, 9.17) is 19.0 Å². The Morgan fingerprint density at radius 2 is 1.65 bits per heavy atom. The Morgan fingerprint density at radius 3 is 2.09 bits per heavy atom. The van der Waals surface area contributed by atoms with E-state index >= 15 is 0 Å². The fourth-order valence-corrected chi connectivity index (χ4v) is 2.95. The first-order valence-corrected chi connectivity index (χ1v) is 10.7. The van der Waals surface area contributed by atoms with E-state index < -0.39 is 14.4 Å². The summed E-state index contributed by atoms with van der Waals surface area (Å²) >= 11 is 0. The molecule has 0 aromatic heterocycles. The van der Waals surface area contributed by atoms with E-state index in [2.05, 4.69) is 33.9 Å². The second-order valence-electron chi connectivity index (χ2n) is 7.21. The van der Waals surface area contributed by atoms with Gasteiger partial charge in [0.25, 0.3) is 0 Å². The number of hydrogen-bond donors (Lipinski definition) is 2. The zero-order chi connectivity index (χ0) is 17.8. The first-order valence-electron chi connectivity index (χ1n) is 7.78. The number of aliphatic hydroxyl groups excluding tert-OH is 2. The van der Waals surface area contributed by atoms with Crippen molar-refractivity contribution in [1.82, 2.24) is 0 Å². The van der Waals surface area contributed by atoms with Gasteiger partial charge in [0.1, 0.15) is 17.2 Å². The summed E-state index contributed by atoms with van der Waals surface area (Å²) in [5.74, 6) is 1.88. The third-order valence-electron chi connectivity index (χ3n) is 4.42. The molecule has 0 fully saturated rings.